The predicted molar refractivity (Wildman–Crippen MR) is 37.5 cm³/mol. The zero-order valence-electron chi connectivity index (χ0n) is 5.52. The molecule has 0 saturated carbocycles. The molecule has 2 aliphatic rings. The van der Waals surface area contributed by atoms with Crippen LogP contribution in [-0.4, -0.2) is 9.66 Å². The van der Waals surface area contributed by atoms with E-state index in [2.05, 4.69) is 9.40 Å². The van der Waals surface area contributed by atoms with Crippen LogP contribution in [0.5, 0.6) is 0 Å². The summed E-state index contributed by atoms with van der Waals surface area (Å²) in [5.41, 5.74) is 0. The fourth-order valence-electron chi connectivity index (χ4n) is 0.891. The first-order valence-electron chi connectivity index (χ1n) is 3.00. The number of nitrogens with two attached hydrogens (primary N) is 1. The molecule has 56 valence electrons. The topological polar surface area (TPSA) is 74.1 Å². The summed E-state index contributed by atoms with van der Waals surface area (Å²) < 4.78 is 5.92. The fraction of sp³-hybridized carbons (Fsp3) is 0. The Bertz CT molecular complexity index is 403. The van der Waals surface area contributed by atoms with Gasteiger partial charge in [-0.25, -0.2) is 9.47 Å². The minimum atomic E-state index is -0.620. The molecule has 0 spiro atoms. The Labute approximate surface area is 61.4 Å². The zero-order chi connectivity index (χ0) is 7.84. The maximum atomic E-state index is 10.6. The number of hydrogen-bond donors (Lipinski definition) is 1. The number of nitrogens with zero attached hydrogens (tertiary/aromatic N) is 2. The maximum absolute atomic E-state index is 10.6. The molecule has 0 saturated heterocycles. The molecule has 5 heteroatoms. The Morgan fingerprint density at radius 1 is 1.64 bits per heavy atom. The Kier molecular flexibility index (Phi) is 1.00. The monoisotopic (exact) mass is 151 g/mol. The Hall–Kier alpha value is -1.78. The van der Waals surface area contributed by atoms with E-state index in [0.29, 0.717) is 11.6 Å². The highest BCUT2D eigenvalue weighted by molar-refractivity contribution is 5.47. The summed E-state index contributed by atoms with van der Waals surface area (Å²) in [6, 6.07) is 3.31. The van der Waals surface area contributed by atoms with E-state index >= 15 is 0 Å². The summed E-state index contributed by atoms with van der Waals surface area (Å²) >= 11 is 0. The molecule has 0 bridgehead atoms. The minimum Gasteiger partial charge on any atom is -0.405 e. The average molecular weight is 151 g/mol. The second-order valence-electron chi connectivity index (χ2n) is 2.08. The van der Waals surface area contributed by atoms with Gasteiger partial charge in [0.2, 0.25) is 5.82 Å². The van der Waals surface area contributed by atoms with E-state index in [9.17, 15) is 4.79 Å². The Balaban J connectivity index is 2.89. The van der Waals surface area contributed by atoms with Crippen LogP contribution in [0.2, 0.25) is 0 Å². The lowest BCUT2D eigenvalue weighted by Gasteiger charge is -1.99. The van der Waals surface area contributed by atoms with Crippen LogP contribution in [0.15, 0.2) is 27.5 Å². The van der Waals surface area contributed by atoms with E-state index < -0.39 is 5.76 Å². The minimum absolute atomic E-state index is 0.359. The summed E-state index contributed by atoms with van der Waals surface area (Å²) in [5, 5.41) is 0. The molecule has 2 aliphatic heterocycles. The van der Waals surface area contributed by atoms with Crippen molar-refractivity contribution in [1.29, 1.82) is 0 Å². The Morgan fingerprint density at radius 3 is 3.18 bits per heavy atom. The lowest BCUT2D eigenvalue weighted by Crippen LogP contribution is -2.12. The lowest BCUT2D eigenvalue weighted by molar-refractivity contribution is 0.530. The SMILES string of the molecule is Nn1cccc2oc(=O)nc1-2. The second-order valence-corrected chi connectivity index (χ2v) is 2.08. The van der Waals surface area contributed by atoms with Crippen molar-refractivity contribution in [3.8, 4) is 11.6 Å². The molecule has 0 aliphatic carbocycles. The molecular weight excluding hydrogens is 146 g/mol. The third-order valence-corrected chi connectivity index (χ3v) is 1.35. The fourth-order valence-corrected chi connectivity index (χ4v) is 0.891. The van der Waals surface area contributed by atoms with E-state index in [1.54, 1.807) is 18.3 Å². The number of rotatable bonds is 0. The van der Waals surface area contributed by atoms with Crippen molar-refractivity contribution >= 4 is 0 Å². The van der Waals surface area contributed by atoms with Gasteiger partial charge < -0.3 is 10.3 Å². The van der Waals surface area contributed by atoms with Crippen molar-refractivity contribution in [2.24, 2.45) is 0 Å². The maximum Gasteiger partial charge on any atom is 0.441 e. The number of aromatic nitrogens is 2. The van der Waals surface area contributed by atoms with Crippen LogP contribution in [0, 0.1) is 0 Å². The van der Waals surface area contributed by atoms with Crippen molar-refractivity contribution in [2.75, 3.05) is 5.84 Å². The highest BCUT2D eigenvalue weighted by Crippen LogP contribution is 2.13. The van der Waals surface area contributed by atoms with Crippen molar-refractivity contribution in [3.05, 3.63) is 28.9 Å². The van der Waals surface area contributed by atoms with Crippen LogP contribution in [-0.2, 0) is 0 Å². The predicted octanol–water partition coefficient (Wildman–Crippen LogP) is -0.345. The molecule has 5 nitrogen and oxygen atoms in total. The number of fused-ring (bicyclic) bond motifs is 1. The highest BCUT2D eigenvalue weighted by atomic mass is 16.4. The van der Waals surface area contributed by atoms with Gasteiger partial charge in [-0.15, -0.1) is 0 Å². The molecule has 0 amide bonds. The lowest BCUT2D eigenvalue weighted by atomic mass is 10.4. The Morgan fingerprint density at radius 2 is 2.45 bits per heavy atom. The molecule has 0 atom stereocenters. The summed E-state index contributed by atoms with van der Waals surface area (Å²) in [4.78, 5) is 14.1. The molecule has 2 heterocycles. The standard InChI is InChI=1S/C6H5N3O2/c7-9-3-1-2-4-5(9)8-6(10)11-4/h1-3H,7H2. The van der Waals surface area contributed by atoms with E-state index in [4.69, 9.17) is 5.84 Å². The summed E-state index contributed by atoms with van der Waals surface area (Å²) in [6.45, 7) is 0. The van der Waals surface area contributed by atoms with Gasteiger partial charge in [-0.05, 0) is 12.1 Å². The van der Waals surface area contributed by atoms with Gasteiger partial charge in [0, 0.05) is 6.20 Å². The molecule has 0 unspecified atom stereocenters. The van der Waals surface area contributed by atoms with Crippen LogP contribution in [0.4, 0.5) is 0 Å². The number of hydrogen-bond acceptors (Lipinski definition) is 4. The normalized spacial score (nSPS) is 10.5. The van der Waals surface area contributed by atoms with Crippen LogP contribution < -0.4 is 11.6 Å². The average Bonchev–Trinajstić information content (AvgIpc) is 2.31. The third kappa shape index (κ3) is 0.778. The third-order valence-electron chi connectivity index (χ3n) is 1.35. The first-order valence-corrected chi connectivity index (χ1v) is 3.00. The van der Waals surface area contributed by atoms with Crippen LogP contribution in [0.25, 0.3) is 11.6 Å². The van der Waals surface area contributed by atoms with Gasteiger partial charge in [-0.2, -0.15) is 4.98 Å². The molecule has 11 heavy (non-hydrogen) atoms. The van der Waals surface area contributed by atoms with Gasteiger partial charge in [0.25, 0.3) is 0 Å². The first kappa shape index (κ1) is 5.96. The van der Waals surface area contributed by atoms with Crippen LogP contribution in [0.1, 0.15) is 0 Å². The van der Waals surface area contributed by atoms with Crippen LogP contribution >= 0.6 is 0 Å². The highest BCUT2D eigenvalue weighted by Gasteiger charge is 2.10. The zero-order valence-corrected chi connectivity index (χ0v) is 5.52. The number of pyridine rings is 1. The summed E-state index contributed by atoms with van der Waals surface area (Å²) in [7, 11) is 0. The number of oxazole rings is 1. The van der Waals surface area contributed by atoms with Gasteiger partial charge in [0.15, 0.2) is 5.76 Å². The molecule has 0 aromatic carbocycles. The molecule has 0 radical (unpaired) electrons. The molecule has 0 aromatic heterocycles. The van der Waals surface area contributed by atoms with Gasteiger partial charge in [0.05, 0.1) is 0 Å². The van der Waals surface area contributed by atoms with Crippen molar-refractivity contribution < 1.29 is 4.42 Å². The molecule has 2 rings (SSSR count). The van der Waals surface area contributed by atoms with Crippen molar-refractivity contribution in [2.45, 2.75) is 0 Å². The van der Waals surface area contributed by atoms with E-state index in [1.165, 1.54) is 4.68 Å². The van der Waals surface area contributed by atoms with E-state index in [1.807, 2.05) is 0 Å². The van der Waals surface area contributed by atoms with Gasteiger partial charge in [0.1, 0.15) is 0 Å². The number of nitrogen functional groups attached to an aromatic ring is 1. The van der Waals surface area contributed by atoms with Crippen molar-refractivity contribution in [1.82, 2.24) is 9.66 Å². The summed E-state index contributed by atoms with van der Waals surface area (Å²) in [5.74, 6) is 5.57. The van der Waals surface area contributed by atoms with Crippen molar-refractivity contribution in [3.63, 3.8) is 0 Å². The molecule has 0 aromatic rings. The van der Waals surface area contributed by atoms with E-state index in [-0.39, 0.29) is 0 Å². The van der Waals surface area contributed by atoms with E-state index in [0.717, 1.165) is 0 Å². The quantitative estimate of drug-likeness (QED) is 0.522. The second kappa shape index (κ2) is 1.85. The van der Waals surface area contributed by atoms with Gasteiger partial charge >= 0.3 is 5.76 Å². The van der Waals surface area contributed by atoms with Crippen LogP contribution in [0.3, 0.4) is 0 Å². The smallest absolute Gasteiger partial charge is 0.405 e. The molecule has 0 fully saturated rings. The molecular formula is C6H5N3O2. The van der Waals surface area contributed by atoms with Gasteiger partial charge in [-0.1, -0.05) is 0 Å². The molecule has 2 N–H and O–H groups in total. The first-order chi connectivity index (χ1) is 5.27. The summed E-state index contributed by atoms with van der Waals surface area (Å²) in [6.07, 6.45) is 1.59. The van der Waals surface area contributed by atoms with Gasteiger partial charge in [-0.3, -0.25) is 0 Å². The largest absolute Gasteiger partial charge is 0.441 e.